The third kappa shape index (κ3) is 2.28. The number of nitrogens with zero attached hydrogens (tertiary/aromatic N) is 2. The van der Waals surface area contributed by atoms with Gasteiger partial charge in [0, 0.05) is 11.9 Å². The standard InChI is InChI=1S/C18H20N2O2/c1-21-15-8-6-13(7-9-15)16-12-18(22-19-16)20-11-10-14-4-2-3-5-17(14)20/h6-11,18H,2-5,12H2,1H3. The van der Waals surface area contributed by atoms with Crippen LogP contribution in [0.2, 0.25) is 0 Å². The van der Waals surface area contributed by atoms with Gasteiger partial charge in [-0.25, -0.2) is 0 Å². The number of hydrogen-bond donors (Lipinski definition) is 0. The van der Waals surface area contributed by atoms with Crippen LogP contribution in [0.4, 0.5) is 0 Å². The van der Waals surface area contributed by atoms with Crippen LogP contribution in [0, 0.1) is 0 Å². The monoisotopic (exact) mass is 296 g/mol. The summed E-state index contributed by atoms with van der Waals surface area (Å²) in [5.74, 6) is 0.860. The Morgan fingerprint density at radius 3 is 2.77 bits per heavy atom. The van der Waals surface area contributed by atoms with Gasteiger partial charge in [0.05, 0.1) is 19.2 Å². The van der Waals surface area contributed by atoms with Crippen molar-refractivity contribution < 1.29 is 9.57 Å². The van der Waals surface area contributed by atoms with E-state index < -0.39 is 0 Å². The summed E-state index contributed by atoms with van der Waals surface area (Å²) in [6.45, 7) is 0. The van der Waals surface area contributed by atoms with E-state index >= 15 is 0 Å². The molecule has 0 amide bonds. The number of aryl methyl sites for hydroxylation is 1. The van der Waals surface area contributed by atoms with E-state index in [1.54, 1.807) is 7.11 Å². The number of rotatable bonds is 3. The van der Waals surface area contributed by atoms with Crippen LogP contribution in [0.5, 0.6) is 5.75 Å². The minimum absolute atomic E-state index is 0.000971. The highest BCUT2D eigenvalue weighted by Crippen LogP contribution is 2.31. The van der Waals surface area contributed by atoms with Crippen LogP contribution in [0.25, 0.3) is 0 Å². The van der Waals surface area contributed by atoms with E-state index in [1.807, 2.05) is 24.3 Å². The molecule has 1 atom stereocenters. The van der Waals surface area contributed by atoms with Gasteiger partial charge in [0.1, 0.15) is 5.75 Å². The zero-order valence-electron chi connectivity index (χ0n) is 12.8. The Bertz CT molecular complexity index is 700. The van der Waals surface area contributed by atoms with Gasteiger partial charge in [-0.2, -0.15) is 0 Å². The lowest BCUT2D eigenvalue weighted by Gasteiger charge is -2.18. The minimum atomic E-state index is -0.000971. The molecule has 0 fully saturated rings. The van der Waals surface area contributed by atoms with E-state index in [4.69, 9.17) is 9.57 Å². The lowest BCUT2D eigenvalue weighted by atomic mass is 9.98. The van der Waals surface area contributed by atoms with E-state index in [2.05, 4.69) is 22.0 Å². The van der Waals surface area contributed by atoms with Gasteiger partial charge in [0.15, 0.2) is 0 Å². The molecule has 4 nitrogen and oxygen atoms in total. The van der Waals surface area contributed by atoms with Gasteiger partial charge < -0.3 is 14.1 Å². The zero-order valence-corrected chi connectivity index (χ0v) is 12.8. The summed E-state index contributed by atoms with van der Waals surface area (Å²) in [5.41, 5.74) is 5.02. The lowest BCUT2D eigenvalue weighted by Crippen LogP contribution is -2.14. The van der Waals surface area contributed by atoms with Crippen molar-refractivity contribution in [2.45, 2.75) is 38.3 Å². The highest BCUT2D eigenvalue weighted by atomic mass is 16.7. The molecule has 1 aromatic heterocycles. The molecule has 0 bridgehead atoms. The number of aromatic nitrogens is 1. The van der Waals surface area contributed by atoms with Gasteiger partial charge >= 0.3 is 0 Å². The van der Waals surface area contributed by atoms with Gasteiger partial charge in [-0.1, -0.05) is 5.16 Å². The van der Waals surface area contributed by atoms with E-state index in [1.165, 1.54) is 30.5 Å². The molecule has 1 aliphatic carbocycles. The topological polar surface area (TPSA) is 35.8 Å². The van der Waals surface area contributed by atoms with Gasteiger partial charge in [0.25, 0.3) is 0 Å². The van der Waals surface area contributed by atoms with Crippen molar-refractivity contribution in [1.82, 2.24) is 4.57 Å². The molecule has 114 valence electrons. The van der Waals surface area contributed by atoms with Crippen molar-refractivity contribution in [3.05, 3.63) is 53.3 Å². The van der Waals surface area contributed by atoms with E-state index in [-0.39, 0.29) is 6.23 Å². The lowest BCUT2D eigenvalue weighted by molar-refractivity contribution is 0.0303. The fraction of sp³-hybridized carbons (Fsp3) is 0.389. The average molecular weight is 296 g/mol. The van der Waals surface area contributed by atoms with Crippen LogP contribution in [0.1, 0.15) is 42.3 Å². The molecule has 1 aliphatic heterocycles. The molecule has 2 aliphatic rings. The van der Waals surface area contributed by atoms with Gasteiger partial charge in [-0.05, 0) is 67.1 Å². The molecule has 2 aromatic rings. The summed E-state index contributed by atoms with van der Waals surface area (Å²) in [4.78, 5) is 5.71. The molecule has 2 heterocycles. The molecular weight excluding hydrogens is 276 g/mol. The number of hydrogen-bond acceptors (Lipinski definition) is 3. The second-order valence-corrected chi connectivity index (χ2v) is 5.93. The highest BCUT2D eigenvalue weighted by molar-refractivity contribution is 6.01. The SMILES string of the molecule is COc1ccc(C2=NOC(n3ccc4c3CCCC4)C2)cc1. The van der Waals surface area contributed by atoms with Crippen LogP contribution in [0.3, 0.4) is 0 Å². The van der Waals surface area contributed by atoms with Crippen molar-refractivity contribution in [3.8, 4) is 5.75 Å². The zero-order chi connectivity index (χ0) is 14.9. The van der Waals surface area contributed by atoms with Crippen molar-refractivity contribution in [1.29, 1.82) is 0 Å². The third-order valence-electron chi connectivity index (χ3n) is 4.61. The first kappa shape index (κ1) is 13.4. The predicted octanol–water partition coefficient (Wildman–Crippen LogP) is 3.70. The Morgan fingerprint density at radius 2 is 1.95 bits per heavy atom. The Hall–Kier alpha value is -2.23. The summed E-state index contributed by atoms with van der Waals surface area (Å²) < 4.78 is 7.47. The first-order valence-electron chi connectivity index (χ1n) is 7.91. The molecule has 1 aromatic carbocycles. The van der Waals surface area contributed by atoms with Gasteiger partial charge in [0.2, 0.25) is 6.23 Å². The summed E-state index contributed by atoms with van der Waals surface area (Å²) in [6, 6.07) is 10.2. The van der Waals surface area contributed by atoms with Crippen LogP contribution >= 0.6 is 0 Å². The van der Waals surface area contributed by atoms with Crippen LogP contribution in [0.15, 0.2) is 41.7 Å². The number of fused-ring (bicyclic) bond motifs is 1. The van der Waals surface area contributed by atoms with Gasteiger partial charge in [-0.15, -0.1) is 0 Å². The fourth-order valence-electron chi connectivity index (χ4n) is 3.38. The summed E-state index contributed by atoms with van der Waals surface area (Å²) in [5, 5.41) is 4.30. The summed E-state index contributed by atoms with van der Waals surface area (Å²) in [6.07, 6.45) is 7.90. The smallest absolute Gasteiger partial charge is 0.209 e. The maximum absolute atomic E-state index is 5.71. The minimum Gasteiger partial charge on any atom is -0.497 e. The molecule has 4 rings (SSSR count). The van der Waals surface area contributed by atoms with Crippen molar-refractivity contribution in [2.24, 2.45) is 5.16 Å². The molecular formula is C18H20N2O2. The van der Waals surface area contributed by atoms with E-state index in [9.17, 15) is 0 Å². The first-order chi connectivity index (χ1) is 10.8. The highest BCUT2D eigenvalue weighted by Gasteiger charge is 2.26. The van der Waals surface area contributed by atoms with E-state index in [0.29, 0.717) is 0 Å². The fourth-order valence-corrected chi connectivity index (χ4v) is 3.38. The summed E-state index contributed by atoms with van der Waals surface area (Å²) >= 11 is 0. The molecule has 0 saturated carbocycles. The van der Waals surface area contributed by atoms with Crippen LogP contribution in [-0.2, 0) is 17.7 Å². The number of ether oxygens (including phenoxy) is 1. The summed E-state index contributed by atoms with van der Waals surface area (Å²) in [7, 11) is 1.68. The Balaban J connectivity index is 1.52. The number of benzene rings is 1. The predicted molar refractivity (Wildman–Crippen MR) is 85.3 cm³/mol. The van der Waals surface area contributed by atoms with Crippen molar-refractivity contribution >= 4 is 5.71 Å². The third-order valence-corrected chi connectivity index (χ3v) is 4.61. The van der Waals surface area contributed by atoms with Crippen molar-refractivity contribution in [3.63, 3.8) is 0 Å². The van der Waals surface area contributed by atoms with Gasteiger partial charge in [-0.3, -0.25) is 0 Å². The molecule has 1 unspecified atom stereocenters. The molecule has 4 heteroatoms. The van der Waals surface area contributed by atoms with Crippen LogP contribution in [-0.4, -0.2) is 17.4 Å². The Kier molecular flexibility index (Phi) is 3.37. The first-order valence-corrected chi connectivity index (χ1v) is 7.91. The van der Waals surface area contributed by atoms with Crippen molar-refractivity contribution in [2.75, 3.05) is 7.11 Å². The average Bonchev–Trinajstić information content (AvgIpc) is 3.21. The molecule has 0 spiro atoms. The Labute approximate surface area is 130 Å². The molecule has 0 N–H and O–H groups in total. The molecule has 0 radical (unpaired) electrons. The molecule has 22 heavy (non-hydrogen) atoms. The normalized spacial score (nSPS) is 20.2. The number of methoxy groups -OCH3 is 1. The quantitative estimate of drug-likeness (QED) is 0.866. The Morgan fingerprint density at radius 1 is 1.14 bits per heavy atom. The van der Waals surface area contributed by atoms with E-state index in [0.717, 1.165) is 29.9 Å². The largest absolute Gasteiger partial charge is 0.497 e. The maximum atomic E-state index is 5.71. The second-order valence-electron chi connectivity index (χ2n) is 5.93. The van der Waals surface area contributed by atoms with Crippen LogP contribution < -0.4 is 4.74 Å². The maximum Gasteiger partial charge on any atom is 0.209 e. The molecule has 0 saturated heterocycles. The number of oxime groups is 1. The second kappa shape index (κ2) is 5.52.